The molecule has 0 bridgehead atoms. The van der Waals surface area contributed by atoms with Crippen molar-refractivity contribution < 1.29 is 4.42 Å². The van der Waals surface area contributed by atoms with E-state index in [0.29, 0.717) is 5.92 Å². The first-order valence-electron chi connectivity index (χ1n) is 19.4. The molecular formula is C53H37NOS. The zero-order chi connectivity index (χ0) is 37.2. The fourth-order valence-electron chi connectivity index (χ4n) is 8.88. The van der Waals surface area contributed by atoms with E-state index in [1.54, 1.807) is 0 Å². The average Bonchev–Trinajstić information content (AvgIpc) is 3.83. The minimum Gasteiger partial charge on any atom is -0.456 e. The van der Waals surface area contributed by atoms with E-state index < -0.39 is 0 Å². The average molecular weight is 736 g/mol. The van der Waals surface area contributed by atoms with Crippen molar-refractivity contribution in [2.75, 3.05) is 4.90 Å². The summed E-state index contributed by atoms with van der Waals surface area (Å²) in [6.45, 7) is 2.30. The van der Waals surface area contributed by atoms with Gasteiger partial charge in [-0.1, -0.05) is 153 Å². The van der Waals surface area contributed by atoms with E-state index in [4.69, 9.17) is 4.42 Å². The van der Waals surface area contributed by atoms with Crippen LogP contribution < -0.4 is 4.90 Å². The van der Waals surface area contributed by atoms with Crippen molar-refractivity contribution >= 4 is 76.4 Å². The summed E-state index contributed by atoms with van der Waals surface area (Å²) in [5, 5.41) is 6.25. The first-order chi connectivity index (χ1) is 27.7. The molecule has 1 aliphatic rings. The van der Waals surface area contributed by atoms with E-state index in [9.17, 15) is 0 Å². The lowest BCUT2D eigenvalue weighted by Gasteiger charge is -2.30. The Morgan fingerprint density at radius 3 is 2.20 bits per heavy atom. The smallest absolute Gasteiger partial charge is 0.137 e. The fraction of sp³-hybridized carbons (Fsp3) is 0.0566. The summed E-state index contributed by atoms with van der Waals surface area (Å²) < 4.78 is 9.27. The van der Waals surface area contributed by atoms with E-state index >= 15 is 0 Å². The topological polar surface area (TPSA) is 16.4 Å². The molecule has 1 unspecified atom stereocenters. The van der Waals surface area contributed by atoms with E-state index in [2.05, 4.69) is 200 Å². The Labute approximate surface area is 330 Å². The number of para-hydroxylation sites is 1. The Bertz CT molecular complexity index is 3140. The SMILES string of the molecule is CC1CC=Cc2oc3cc(N(c4cc(-c5cccc6ccccc56)ccc4-c4ccccc4)c4ccccc4-c4cccc5c4sc4ccccc45)ccc3c21. The van der Waals surface area contributed by atoms with Gasteiger partial charge >= 0.3 is 0 Å². The number of thiophene rings is 1. The van der Waals surface area contributed by atoms with Crippen molar-refractivity contribution in [3.63, 3.8) is 0 Å². The number of rotatable bonds is 6. The van der Waals surface area contributed by atoms with Gasteiger partial charge in [0.25, 0.3) is 0 Å². The minimum atomic E-state index is 0.405. The molecule has 0 aliphatic heterocycles. The molecule has 1 aliphatic carbocycles. The third kappa shape index (κ3) is 5.31. The largest absolute Gasteiger partial charge is 0.456 e. The molecule has 8 aromatic carbocycles. The molecule has 0 saturated carbocycles. The van der Waals surface area contributed by atoms with Gasteiger partial charge in [-0.15, -0.1) is 11.3 Å². The molecule has 266 valence electrons. The zero-order valence-corrected chi connectivity index (χ0v) is 31.8. The van der Waals surface area contributed by atoms with Gasteiger partial charge in [-0.25, -0.2) is 0 Å². The van der Waals surface area contributed by atoms with Crippen molar-refractivity contribution in [2.24, 2.45) is 0 Å². The predicted molar refractivity (Wildman–Crippen MR) is 240 cm³/mol. The van der Waals surface area contributed by atoms with E-state index in [1.807, 2.05) is 11.3 Å². The van der Waals surface area contributed by atoms with Gasteiger partial charge in [-0.3, -0.25) is 0 Å². The maximum Gasteiger partial charge on any atom is 0.137 e. The van der Waals surface area contributed by atoms with Crippen molar-refractivity contribution in [3.05, 3.63) is 193 Å². The molecule has 0 N–H and O–H groups in total. The van der Waals surface area contributed by atoms with Crippen LogP contribution in [0.2, 0.25) is 0 Å². The van der Waals surface area contributed by atoms with Crippen LogP contribution in [0.15, 0.2) is 186 Å². The summed E-state index contributed by atoms with van der Waals surface area (Å²) in [6.07, 6.45) is 5.40. The molecular weight excluding hydrogens is 699 g/mol. The van der Waals surface area contributed by atoms with Crippen LogP contribution in [-0.4, -0.2) is 0 Å². The molecule has 2 aromatic heterocycles. The summed E-state index contributed by atoms with van der Waals surface area (Å²) in [4.78, 5) is 2.47. The standard InChI is InChI=1S/C53H37NOS/c1-34-14-11-26-49-52(34)46-31-29-38(33-50(46)55-49)54(47-25-9-7-20-42(47)44-23-13-24-45-43-21-8-10-27-51(43)56-53(44)45)48-32-37(28-30-41(48)36-15-3-2-4-16-36)40-22-12-18-35-17-5-6-19-39(35)40/h2-13,15-34H,14H2,1H3. The van der Waals surface area contributed by atoms with Crippen molar-refractivity contribution in [1.29, 1.82) is 0 Å². The highest BCUT2D eigenvalue weighted by molar-refractivity contribution is 7.26. The second kappa shape index (κ2) is 13.3. The van der Waals surface area contributed by atoms with Crippen LogP contribution in [0.1, 0.15) is 30.6 Å². The maximum absolute atomic E-state index is 6.67. The Kier molecular flexibility index (Phi) is 7.75. The first-order valence-corrected chi connectivity index (χ1v) is 20.2. The van der Waals surface area contributed by atoms with Crippen molar-refractivity contribution in [3.8, 4) is 33.4 Å². The number of hydrogen-bond donors (Lipinski definition) is 0. The molecule has 2 nitrogen and oxygen atoms in total. The highest BCUT2D eigenvalue weighted by atomic mass is 32.1. The van der Waals surface area contributed by atoms with Gasteiger partial charge in [0.2, 0.25) is 0 Å². The van der Waals surface area contributed by atoms with Crippen LogP contribution in [0.3, 0.4) is 0 Å². The molecule has 0 saturated heterocycles. The number of furan rings is 1. The van der Waals surface area contributed by atoms with Crippen LogP contribution in [0, 0.1) is 0 Å². The van der Waals surface area contributed by atoms with Crippen LogP contribution >= 0.6 is 11.3 Å². The zero-order valence-electron chi connectivity index (χ0n) is 30.9. The Morgan fingerprint density at radius 2 is 1.27 bits per heavy atom. The van der Waals surface area contributed by atoms with Gasteiger partial charge in [-0.05, 0) is 76.2 Å². The lowest BCUT2D eigenvalue weighted by Crippen LogP contribution is -2.13. The van der Waals surface area contributed by atoms with E-state index in [1.165, 1.54) is 64.1 Å². The number of fused-ring (bicyclic) bond motifs is 7. The van der Waals surface area contributed by atoms with Gasteiger partial charge in [0, 0.05) is 59.6 Å². The Hall–Kier alpha value is -6.68. The normalized spacial score (nSPS) is 13.8. The lowest BCUT2D eigenvalue weighted by atomic mass is 9.90. The van der Waals surface area contributed by atoms with Gasteiger partial charge in [0.05, 0.1) is 11.4 Å². The second-order valence-corrected chi connectivity index (χ2v) is 15.9. The molecule has 1 atom stereocenters. The van der Waals surface area contributed by atoms with Gasteiger partial charge in [0.1, 0.15) is 11.3 Å². The quantitative estimate of drug-likeness (QED) is 0.169. The van der Waals surface area contributed by atoms with Crippen LogP contribution in [-0.2, 0) is 0 Å². The molecule has 56 heavy (non-hydrogen) atoms. The van der Waals surface area contributed by atoms with Crippen molar-refractivity contribution in [1.82, 2.24) is 0 Å². The van der Waals surface area contributed by atoms with Crippen molar-refractivity contribution in [2.45, 2.75) is 19.3 Å². The molecule has 10 aromatic rings. The minimum absolute atomic E-state index is 0.405. The highest BCUT2D eigenvalue weighted by Crippen LogP contribution is 2.50. The summed E-state index contributed by atoms with van der Waals surface area (Å²) in [5.41, 5.74) is 12.6. The second-order valence-electron chi connectivity index (χ2n) is 14.9. The number of anilines is 3. The third-order valence-electron chi connectivity index (χ3n) is 11.5. The lowest BCUT2D eigenvalue weighted by molar-refractivity contribution is 0.586. The number of nitrogens with zero attached hydrogens (tertiary/aromatic N) is 1. The summed E-state index contributed by atoms with van der Waals surface area (Å²) >= 11 is 1.87. The molecule has 0 radical (unpaired) electrons. The summed E-state index contributed by atoms with van der Waals surface area (Å²) in [5.74, 6) is 1.38. The molecule has 11 rings (SSSR count). The summed E-state index contributed by atoms with van der Waals surface area (Å²) in [6, 6.07) is 64.3. The first kappa shape index (κ1) is 32.7. The predicted octanol–water partition coefficient (Wildman–Crippen LogP) is 15.9. The van der Waals surface area contributed by atoms with Crippen LogP contribution in [0.25, 0.3) is 81.4 Å². The number of benzene rings is 8. The molecule has 2 heterocycles. The van der Waals surface area contributed by atoms with Crippen LogP contribution in [0.4, 0.5) is 17.1 Å². The Balaban J connectivity index is 1.21. The van der Waals surface area contributed by atoms with Gasteiger partial charge in [0.15, 0.2) is 0 Å². The fourth-order valence-corrected chi connectivity index (χ4v) is 10.1. The van der Waals surface area contributed by atoms with E-state index in [-0.39, 0.29) is 0 Å². The third-order valence-corrected chi connectivity index (χ3v) is 12.7. The number of hydrogen-bond acceptors (Lipinski definition) is 3. The molecule has 0 spiro atoms. The Morgan fingerprint density at radius 1 is 0.536 bits per heavy atom. The summed E-state index contributed by atoms with van der Waals surface area (Å²) in [7, 11) is 0. The highest BCUT2D eigenvalue weighted by Gasteiger charge is 2.26. The monoisotopic (exact) mass is 735 g/mol. The maximum atomic E-state index is 6.67. The molecule has 3 heteroatoms. The van der Waals surface area contributed by atoms with Gasteiger partial charge < -0.3 is 9.32 Å². The van der Waals surface area contributed by atoms with Gasteiger partial charge in [-0.2, -0.15) is 0 Å². The molecule has 0 amide bonds. The van der Waals surface area contributed by atoms with E-state index in [0.717, 1.165) is 46.0 Å². The van der Waals surface area contributed by atoms with Crippen LogP contribution in [0.5, 0.6) is 0 Å². The molecule has 0 fully saturated rings. The number of allylic oxidation sites excluding steroid dienone is 1.